The van der Waals surface area contributed by atoms with Crippen molar-refractivity contribution >= 4 is 0 Å². The monoisotopic (exact) mass is 224 g/mol. The molecule has 0 spiro atoms. The van der Waals surface area contributed by atoms with Gasteiger partial charge in [0.2, 0.25) is 0 Å². The first kappa shape index (κ1) is 13.5. The Kier molecular flexibility index (Phi) is 6.47. The van der Waals surface area contributed by atoms with Crippen LogP contribution in [-0.2, 0) is 4.74 Å². The summed E-state index contributed by atoms with van der Waals surface area (Å²) < 4.78 is 5.95. The summed E-state index contributed by atoms with van der Waals surface area (Å²) in [5, 5.41) is 3.41. The third kappa shape index (κ3) is 4.98. The van der Waals surface area contributed by atoms with Crippen LogP contribution >= 0.6 is 0 Å². The van der Waals surface area contributed by atoms with Gasteiger partial charge in [0.25, 0.3) is 0 Å². The molecule has 1 aliphatic rings. The minimum Gasteiger partial charge on any atom is -0.372 e. The van der Waals surface area contributed by atoms with Crippen molar-refractivity contribution in [1.82, 2.24) is 10.2 Å². The molecule has 2 unspecified atom stereocenters. The molecular weight excluding hydrogens is 200 g/mol. The van der Waals surface area contributed by atoms with Gasteiger partial charge in [-0.2, -0.15) is 0 Å². The molecular formula is C13H24N2O. The number of likely N-dealkylation sites (N-methyl/N-ethyl adjacent to an activating group) is 1. The van der Waals surface area contributed by atoms with E-state index in [0.29, 0.717) is 18.8 Å². The Hall–Kier alpha value is -0.560. The van der Waals surface area contributed by atoms with E-state index in [1.165, 1.54) is 12.8 Å². The van der Waals surface area contributed by atoms with Gasteiger partial charge in [-0.05, 0) is 32.9 Å². The highest BCUT2D eigenvalue weighted by atomic mass is 16.5. The lowest BCUT2D eigenvalue weighted by Crippen LogP contribution is -2.32. The van der Waals surface area contributed by atoms with Crippen molar-refractivity contribution in [2.24, 2.45) is 0 Å². The lowest BCUT2D eigenvalue weighted by Gasteiger charge is -2.19. The van der Waals surface area contributed by atoms with E-state index >= 15 is 0 Å². The van der Waals surface area contributed by atoms with Crippen LogP contribution in [0.15, 0.2) is 0 Å². The first-order chi connectivity index (χ1) is 7.76. The zero-order valence-electron chi connectivity index (χ0n) is 10.5. The first-order valence-corrected chi connectivity index (χ1v) is 6.24. The van der Waals surface area contributed by atoms with Gasteiger partial charge in [0.05, 0.1) is 18.8 Å². The summed E-state index contributed by atoms with van der Waals surface area (Å²) in [6.45, 7) is 5.91. The van der Waals surface area contributed by atoms with E-state index in [1.807, 2.05) is 7.05 Å². The fraction of sp³-hybridized carbons (Fsp3) is 0.846. The normalized spacial score (nSPS) is 24.9. The van der Waals surface area contributed by atoms with Crippen LogP contribution in [0.4, 0.5) is 0 Å². The van der Waals surface area contributed by atoms with Crippen LogP contribution in [0.5, 0.6) is 0 Å². The summed E-state index contributed by atoms with van der Waals surface area (Å²) in [6.07, 6.45) is 9.55. The topological polar surface area (TPSA) is 24.5 Å². The van der Waals surface area contributed by atoms with Gasteiger partial charge in [0.15, 0.2) is 0 Å². The van der Waals surface area contributed by atoms with Crippen LogP contribution < -0.4 is 5.32 Å². The molecule has 1 N–H and O–H groups in total. The second kappa shape index (κ2) is 7.67. The maximum Gasteiger partial charge on any atom is 0.0707 e. The summed E-state index contributed by atoms with van der Waals surface area (Å²) in [5.41, 5.74) is 0. The summed E-state index contributed by atoms with van der Waals surface area (Å²) in [6, 6.07) is 0. The maximum atomic E-state index is 5.95. The molecule has 1 aliphatic heterocycles. The smallest absolute Gasteiger partial charge is 0.0707 e. The molecule has 0 aromatic carbocycles. The molecule has 2 atom stereocenters. The molecule has 0 aromatic rings. The number of terminal acetylenes is 1. The first-order valence-electron chi connectivity index (χ1n) is 6.24. The average Bonchev–Trinajstić information content (AvgIpc) is 2.66. The molecule has 0 bridgehead atoms. The third-order valence-corrected chi connectivity index (χ3v) is 2.87. The van der Waals surface area contributed by atoms with E-state index in [0.717, 1.165) is 26.1 Å². The number of nitrogens with one attached hydrogen (secondary N) is 1. The molecule has 0 amide bonds. The maximum absolute atomic E-state index is 5.95. The minimum atomic E-state index is 0.367. The van der Waals surface area contributed by atoms with E-state index in [9.17, 15) is 0 Å². The molecule has 0 aromatic heterocycles. The zero-order valence-corrected chi connectivity index (χ0v) is 10.5. The van der Waals surface area contributed by atoms with Gasteiger partial charge in [0.1, 0.15) is 0 Å². The molecule has 92 valence electrons. The Balaban J connectivity index is 2.12. The molecule has 1 fully saturated rings. The number of hydrogen-bond acceptors (Lipinski definition) is 3. The number of nitrogens with zero attached hydrogens (tertiary/aromatic N) is 1. The van der Waals surface area contributed by atoms with Crippen molar-refractivity contribution in [2.45, 2.75) is 38.4 Å². The van der Waals surface area contributed by atoms with Crippen molar-refractivity contribution in [1.29, 1.82) is 0 Å². The Morgan fingerprint density at radius 1 is 1.44 bits per heavy atom. The van der Waals surface area contributed by atoms with Crippen LogP contribution in [0.2, 0.25) is 0 Å². The second-order valence-corrected chi connectivity index (χ2v) is 4.56. The largest absolute Gasteiger partial charge is 0.372 e. The Bertz CT molecular complexity index is 224. The van der Waals surface area contributed by atoms with Crippen LogP contribution in [0.1, 0.15) is 26.2 Å². The summed E-state index contributed by atoms with van der Waals surface area (Å²) >= 11 is 0. The highest BCUT2D eigenvalue weighted by Crippen LogP contribution is 2.19. The van der Waals surface area contributed by atoms with Gasteiger partial charge in [-0.3, -0.25) is 4.90 Å². The summed E-state index contributed by atoms with van der Waals surface area (Å²) in [4.78, 5) is 2.15. The molecule has 0 aliphatic carbocycles. The fourth-order valence-corrected chi connectivity index (χ4v) is 2.07. The fourth-order valence-electron chi connectivity index (χ4n) is 2.07. The second-order valence-electron chi connectivity index (χ2n) is 4.56. The average molecular weight is 224 g/mol. The van der Waals surface area contributed by atoms with E-state index in [-0.39, 0.29) is 0 Å². The van der Waals surface area contributed by atoms with E-state index in [1.54, 1.807) is 0 Å². The predicted octanol–water partition coefficient (Wildman–Crippen LogP) is 1.10. The number of ether oxygens (including phenoxy) is 1. The lowest BCUT2D eigenvalue weighted by molar-refractivity contribution is 0.0300. The molecule has 0 radical (unpaired) electrons. The van der Waals surface area contributed by atoms with Gasteiger partial charge < -0.3 is 10.1 Å². The van der Waals surface area contributed by atoms with E-state index in [4.69, 9.17) is 11.2 Å². The van der Waals surface area contributed by atoms with Crippen LogP contribution in [0, 0.1) is 12.3 Å². The Morgan fingerprint density at radius 3 is 2.88 bits per heavy atom. The highest BCUT2D eigenvalue weighted by Gasteiger charge is 2.25. The Morgan fingerprint density at radius 2 is 2.19 bits per heavy atom. The van der Waals surface area contributed by atoms with E-state index in [2.05, 4.69) is 23.1 Å². The lowest BCUT2D eigenvalue weighted by atomic mass is 10.2. The molecule has 0 saturated carbocycles. The molecule has 1 heterocycles. The summed E-state index contributed by atoms with van der Waals surface area (Å²) in [5.74, 6) is 2.65. The van der Waals surface area contributed by atoms with Gasteiger partial charge in [-0.25, -0.2) is 0 Å². The Labute approximate surface area is 99.5 Å². The molecule has 16 heavy (non-hydrogen) atoms. The standard InChI is InChI=1S/C13H24N2O/c1-4-8-14-10-12-6-7-13(16-12)11-15(3)9-5-2/h2,12-14H,4,6-11H2,1,3H3. The van der Waals surface area contributed by atoms with Crippen LogP contribution in [0.3, 0.4) is 0 Å². The van der Waals surface area contributed by atoms with Crippen LogP contribution in [0.25, 0.3) is 0 Å². The molecule has 1 rings (SSSR count). The third-order valence-electron chi connectivity index (χ3n) is 2.87. The van der Waals surface area contributed by atoms with Gasteiger partial charge >= 0.3 is 0 Å². The molecule has 3 nitrogen and oxygen atoms in total. The van der Waals surface area contributed by atoms with Crippen LogP contribution in [-0.4, -0.2) is 50.3 Å². The zero-order chi connectivity index (χ0) is 11.8. The van der Waals surface area contributed by atoms with Crippen molar-refractivity contribution in [3.63, 3.8) is 0 Å². The van der Waals surface area contributed by atoms with Crippen molar-refractivity contribution in [2.75, 3.05) is 33.2 Å². The minimum absolute atomic E-state index is 0.367. The van der Waals surface area contributed by atoms with Crippen molar-refractivity contribution < 1.29 is 4.74 Å². The molecule has 3 heteroatoms. The van der Waals surface area contributed by atoms with E-state index < -0.39 is 0 Å². The van der Waals surface area contributed by atoms with Crippen molar-refractivity contribution in [3.05, 3.63) is 0 Å². The number of rotatable bonds is 7. The SMILES string of the molecule is C#CCN(C)CC1CCC(CNCCC)O1. The van der Waals surface area contributed by atoms with Crippen molar-refractivity contribution in [3.8, 4) is 12.3 Å². The molecule has 1 saturated heterocycles. The number of hydrogen-bond donors (Lipinski definition) is 1. The predicted molar refractivity (Wildman–Crippen MR) is 67.4 cm³/mol. The highest BCUT2D eigenvalue weighted by molar-refractivity contribution is 4.88. The van der Waals surface area contributed by atoms with Gasteiger partial charge in [-0.1, -0.05) is 12.8 Å². The van der Waals surface area contributed by atoms with Gasteiger partial charge in [-0.15, -0.1) is 6.42 Å². The quantitative estimate of drug-likeness (QED) is 0.518. The summed E-state index contributed by atoms with van der Waals surface area (Å²) in [7, 11) is 2.05. The van der Waals surface area contributed by atoms with Gasteiger partial charge in [0, 0.05) is 13.1 Å².